The number of methoxy groups -OCH3 is 1. The first kappa shape index (κ1) is 19.2. The first-order valence-corrected chi connectivity index (χ1v) is 9.99. The lowest BCUT2D eigenvalue weighted by atomic mass is 10.1. The number of sulfonamides is 1. The molecule has 0 radical (unpaired) electrons. The molecule has 0 spiro atoms. The van der Waals surface area contributed by atoms with E-state index in [1.165, 1.54) is 18.1 Å². The molecule has 1 aliphatic rings. The summed E-state index contributed by atoms with van der Waals surface area (Å²) in [5.41, 5.74) is 1.43. The predicted molar refractivity (Wildman–Crippen MR) is 102 cm³/mol. The molecule has 0 saturated heterocycles. The molecule has 0 bridgehead atoms. The fraction of sp³-hybridized carbons (Fsp3) is 0.316. The Kier molecular flexibility index (Phi) is 5.38. The van der Waals surface area contributed by atoms with Crippen LogP contribution in [-0.2, 0) is 14.8 Å². The standard InChI is InChI=1S/C19H22N2O5S/c1-13-12-14(8-9-16(13)25-3)27(23,24)20-11-10-18-19(22)21(2)15-6-4-5-7-17(15)26-18/h4-9,12,18,20H,10-11H2,1-3H3. The molecule has 2 aromatic rings. The number of rotatable bonds is 6. The van der Waals surface area contributed by atoms with Gasteiger partial charge in [-0.25, -0.2) is 13.1 Å². The fourth-order valence-electron chi connectivity index (χ4n) is 2.98. The van der Waals surface area contributed by atoms with Gasteiger partial charge in [-0.2, -0.15) is 0 Å². The lowest BCUT2D eigenvalue weighted by molar-refractivity contribution is -0.126. The van der Waals surface area contributed by atoms with E-state index in [0.717, 1.165) is 5.56 Å². The third-order valence-corrected chi connectivity index (χ3v) is 5.94. The number of benzene rings is 2. The van der Waals surface area contributed by atoms with Crippen LogP contribution < -0.4 is 19.1 Å². The molecule has 0 aliphatic carbocycles. The Hall–Kier alpha value is -2.58. The first-order valence-electron chi connectivity index (χ1n) is 8.51. The molecule has 0 fully saturated rings. The van der Waals surface area contributed by atoms with E-state index in [4.69, 9.17) is 9.47 Å². The molecular weight excluding hydrogens is 368 g/mol. The number of fused-ring (bicyclic) bond motifs is 1. The van der Waals surface area contributed by atoms with Crippen molar-refractivity contribution in [3.63, 3.8) is 0 Å². The Bertz CT molecular complexity index is 958. The van der Waals surface area contributed by atoms with Crippen LogP contribution in [0, 0.1) is 6.92 Å². The molecule has 144 valence electrons. The smallest absolute Gasteiger partial charge is 0.267 e. The summed E-state index contributed by atoms with van der Waals surface area (Å²) >= 11 is 0. The summed E-state index contributed by atoms with van der Waals surface area (Å²) in [7, 11) is -0.472. The highest BCUT2D eigenvalue weighted by atomic mass is 32.2. The quantitative estimate of drug-likeness (QED) is 0.816. The molecule has 27 heavy (non-hydrogen) atoms. The van der Waals surface area contributed by atoms with E-state index in [2.05, 4.69) is 4.72 Å². The van der Waals surface area contributed by atoms with Gasteiger partial charge in [-0.05, 0) is 42.8 Å². The number of anilines is 1. The lowest BCUT2D eigenvalue weighted by Crippen LogP contribution is -2.45. The summed E-state index contributed by atoms with van der Waals surface area (Å²) in [5.74, 6) is 1.03. The van der Waals surface area contributed by atoms with Crippen LogP contribution in [0.4, 0.5) is 5.69 Å². The minimum Gasteiger partial charge on any atom is -0.496 e. The molecule has 8 heteroatoms. The summed E-state index contributed by atoms with van der Waals surface area (Å²) in [6.45, 7) is 1.86. The first-order chi connectivity index (χ1) is 12.8. The molecule has 1 unspecified atom stereocenters. The summed E-state index contributed by atoms with van der Waals surface area (Å²) in [6.07, 6.45) is -0.503. The van der Waals surface area contributed by atoms with Crippen molar-refractivity contribution in [2.45, 2.75) is 24.3 Å². The van der Waals surface area contributed by atoms with Crippen LogP contribution in [0.15, 0.2) is 47.4 Å². The number of ether oxygens (including phenoxy) is 2. The van der Waals surface area contributed by atoms with Gasteiger partial charge >= 0.3 is 0 Å². The van der Waals surface area contributed by atoms with Crippen molar-refractivity contribution in [1.29, 1.82) is 0 Å². The van der Waals surface area contributed by atoms with E-state index in [-0.39, 0.29) is 23.8 Å². The topological polar surface area (TPSA) is 84.9 Å². The van der Waals surface area contributed by atoms with Crippen LogP contribution in [0.5, 0.6) is 11.5 Å². The molecular formula is C19H22N2O5S. The highest BCUT2D eigenvalue weighted by Gasteiger charge is 2.32. The van der Waals surface area contributed by atoms with Crippen LogP contribution >= 0.6 is 0 Å². The number of hydrogen-bond donors (Lipinski definition) is 1. The monoisotopic (exact) mass is 390 g/mol. The van der Waals surface area contributed by atoms with Gasteiger partial charge in [0.2, 0.25) is 10.0 Å². The van der Waals surface area contributed by atoms with Crippen LogP contribution in [0.25, 0.3) is 0 Å². The normalized spacial score (nSPS) is 16.6. The molecule has 1 amide bonds. The molecule has 1 N–H and O–H groups in total. The maximum absolute atomic E-state index is 12.5. The van der Waals surface area contributed by atoms with Gasteiger partial charge in [0, 0.05) is 20.0 Å². The summed E-state index contributed by atoms with van der Waals surface area (Å²) in [6, 6.07) is 11.9. The zero-order valence-corrected chi connectivity index (χ0v) is 16.2. The molecule has 0 saturated carbocycles. The van der Waals surface area contributed by atoms with Gasteiger partial charge in [0.1, 0.15) is 11.5 Å². The van der Waals surface area contributed by atoms with E-state index in [9.17, 15) is 13.2 Å². The van der Waals surface area contributed by atoms with E-state index < -0.39 is 16.1 Å². The van der Waals surface area contributed by atoms with Gasteiger partial charge < -0.3 is 14.4 Å². The molecule has 0 aromatic heterocycles. The minimum atomic E-state index is -3.69. The zero-order valence-electron chi connectivity index (χ0n) is 15.4. The number of hydrogen-bond acceptors (Lipinski definition) is 5. The van der Waals surface area contributed by atoms with Gasteiger partial charge in [-0.1, -0.05) is 12.1 Å². The SMILES string of the molecule is COc1ccc(S(=O)(=O)NCCC2Oc3ccccc3N(C)C2=O)cc1C. The second-order valence-electron chi connectivity index (χ2n) is 6.29. The minimum absolute atomic E-state index is 0.0832. The van der Waals surface area contributed by atoms with Gasteiger partial charge in [0.05, 0.1) is 17.7 Å². The Morgan fingerprint density at radius 3 is 2.67 bits per heavy atom. The highest BCUT2D eigenvalue weighted by molar-refractivity contribution is 7.89. The fourth-order valence-corrected chi connectivity index (χ4v) is 4.11. The summed E-state index contributed by atoms with van der Waals surface area (Å²) in [5, 5.41) is 0. The van der Waals surface area contributed by atoms with Gasteiger partial charge in [-0.15, -0.1) is 0 Å². The molecule has 2 aromatic carbocycles. The lowest BCUT2D eigenvalue weighted by Gasteiger charge is -2.31. The van der Waals surface area contributed by atoms with Gasteiger partial charge in [0.15, 0.2) is 6.10 Å². The highest BCUT2D eigenvalue weighted by Crippen LogP contribution is 2.33. The zero-order chi connectivity index (χ0) is 19.6. The Labute approximate surface area is 158 Å². The maximum Gasteiger partial charge on any atom is 0.267 e. The summed E-state index contributed by atoms with van der Waals surface area (Å²) < 4.78 is 38.4. The van der Waals surface area contributed by atoms with Gasteiger partial charge in [0.25, 0.3) is 5.91 Å². The molecule has 7 nitrogen and oxygen atoms in total. The van der Waals surface area contributed by atoms with E-state index in [1.54, 1.807) is 38.2 Å². The van der Waals surface area contributed by atoms with E-state index >= 15 is 0 Å². The average Bonchev–Trinajstić information content (AvgIpc) is 2.65. The average molecular weight is 390 g/mol. The number of nitrogens with zero attached hydrogens (tertiary/aromatic N) is 1. The molecule has 3 rings (SSSR count). The van der Waals surface area contributed by atoms with Crippen LogP contribution in [0.2, 0.25) is 0 Å². The summed E-state index contributed by atoms with van der Waals surface area (Å²) in [4.78, 5) is 14.1. The van der Waals surface area contributed by atoms with Gasteiger partial charge in [-0.3, -0.25) is 4.79 Å². The number of para-hydroxylation sites is 2. The molecule has 1 atom stereocenters. The van der Waals surface area contributed by atoms with E-state index in [0.29, 0.717) is 17.2 Å². The third kappa shape index (κ3) is 3.91. The van der Waals surface area contributed by atoms with Crippen molar-refractivity contribution in [2.75, 3.05) is 25.6 Å². The van der Waals surface area contributed by atoms with Crippen molar-refractivity contribution in [3.8, 4) is 11.5 Å². The number of carbonyl (C=O) groups excluding carboxylic acids is 1. The van der Waals surface area contributed by atoms with Crippen molar-refractivity contribution in [2.24, 2.45) is 0 Å². The number of carbonyl (C=O) groups is 1. The molecule has 1 heterocycles. The second-order valence-corrected chi connectivity index (χ2v) is 8.06. The van der Waals surface area contributed by atoms with Crippen LogP contribution in [0.3, 0.4) is 0 Å². The number of amides is 1. The van der Waals surface area contributed by atoms with Crippen molar-refractivity contribution in [3.05, 3.63) is 48.0 Å². The predicted octanol–water partition coefficient (Wildman–Crippen LogP) is 2.10. The largest absolute Gasteiger partial charge is 0.496 e. The number of nitrogens with one attached hydrogen (secondary N) is 1. The van der Waals surface area contributed by atoms with Crippen molar-refractivity contribution in [1.82, 2.24) is 4.72 Å². The number of likely N-dealkylation sites (N-methyl/N-ethyl adjacent to an activating group) is 1. The van der Waals surface area contributed by atoms with E-state index in [1.807, 2.05) is 12.1 Å². The maximum atomic E-state index is 12.5. The van der Waals surface area contributed by atoms with Crippen molar-refractivity contribution < 1.29 is 22.7 Å². The third-order valence-electron chi connectivity index (χ3n) is 4.48. The van der Waals surface area contributed by atoms with Crippen LogP contribution in [-0.4, -0.2) is 41.1 Å². The Morgan fingerprint density at radius 2 is 1.96 bits per heavy atom. The van der Waals surface area contributed by atoms with Crippen LogP contribution in [0.1, 0.15) is 12.0 Å². The Morgan fingerprint density at radius 1 is 1.22 bits per heavy atom. The number of aryl methyl sites for hydroxylation is 1. The Balaban J connectivity index is 1.66. The molecule has 1 aliphatic heterocycles. The second kappa shape index (κ2) is 7.58. The van der Waals surface area contributed by atoms with Crippen molar-refractivity contribution >= 4 is 21.6 Å².